The fraction of sp³-hybridized carbons (Fsp3) is 0.300. The van der Waals surface area contributed by atoms with Crippen LogP contribution in [0.4, 0.5) is 0 Å². The van der Waals surface area contributed by atoms with E-state index in [1.165, 1.54) is 19.2 Å². The molecule has 0 aliphatic rings. The number of ether oxygens (including phenoxy) is 1. The lowest BCUT2D eigenvalue weighted by Crippen LogP contribution is -2.32. The largest absolute Gasteiger partial charge is 0.497 e. The molecule has 1 aromatic rings. The van der Waals surface area contributed by atoms with Crippen molar-refractivity contribution in [1.29, 1.82) is 0 Å². The standard InChI is InChI=1S/C10H13NO3/c1-14-8-4-2-7(3-5-8)6-9(11)10(12)13/h2-5,9H,6,11H2,1H3,(H,12,13)/t9-/m0/s1/i6D,9D/t6-,9-. The number of aliphatic carboxylic acids is 1. The van der Waals surface area contributed by atoms with Gasteiger partial charge < -0.3 is 15.6 Å². The molecule has 76 valence electrons. The van der Waals surface area contributed by atoms with Crippen LogP contribution in [0.5, 0.6) is 5.75 Å². The predicted molar refractivity (Wildman–Crippen MR) is 52.3 cm³/mol. The number of methoxy groups -OCH3 is 1. The van der Waals surface area contributed by atoms with Crippen molar-refractivity contribution >= 4 is 5.97 Å². The van der Waals surface area contributed by atoms with Crippen LogP contribution in [0.3, 0.4) is 0 Å². The Balaban J connectivity index is 2.96. The van der Waals surface area contributed by atoms with Crippen molar-refractivity contribution in [2.45, 2.75) is 12.4 Å². The van der Waals surface area contributed by atoms with Crippen LogP contribution in [-0.2, 0) is 11.2 Å². The molecule has 0 aliphatic carbocycles. The fourth-order valence-electron chi connectivity index (χ4n) is 0.941. The van der Waals surface area contributed by atoms with E-state index in [2.05, 4.69) is 0 Å². The van der Waals surface area contributed by atoms with Gasteiger partial charge >= 0.3 is 5.97 Å². The van der Waals surface area contributed by atoms with Crippen LogP contribution in [0.25, 0.3) is 0 Å². The smallest absolute Gasteiger partial charge is 0.320 e. The molecule has 4 heteroatoms. The lowest BCUT2D eigenvalue weighted by atomic mass is 10.1. The van der Waals surface area contributed by atoms with Gasteiger partial charge in [0.2, 0.25) is 0 Å². The zero-order chi connectivity index (χ0) is 12.3. The summed E-state index contributed by atoms with van der Waals surface area (Å²) in [7, 11) is 1.50. The lowest BCUT2D eigenvalue weighted by Gasteiger charge is -2.06. The van der Waals surface area contributed by atoms with Gasteiger partial charge in [-0.25, -0.2) is 0 Å². The molecule has 0 amide bonds. The van der Waals surface area contributed by atoms with Gasteiger partial charge in [0.05, 0.1) is 8.48 Å². The summed E-state index contributed by atoms with van der Waals surface area (Å²) in [5.74, 6) is -0.929. The summed E-state index contributed by atoms with van der Waals surface area (Å²) in [6.07, 6.45) is -1.35. The first-order valence-corrected chi connectivity index (χ1v) is 3.98. The fourth-order valence-corrected chi connectivity index (χ4v) is 0.941. The lowest BCUT2D eigenvalue weighted by molar-refractivity contribution is -0.138. The van der Waals surface area contributed by atoms with E-state index >= 15 is 0 Å². The van der Waals surface area contributed by atoms with Crippen LogP contribution in [0, 0.1) is 0 Å². The molecule has 1 rings (SSSR count). The van der Waals surface area contributed by atoms with Gasteiger partial charge in [0.25, 0.3) is 0 Å². The van der Waals surface area contributed by atoms with Crippen molar-refractivity contribution in [2.75, 3.05) is 7.11 Å². The molecule has 0 radical (unpaired) electrons. The van der Waals surface area contributed by atoms with Crippen molar-refractivity contribution in [1.82, 2.24) is 0 Å². The maximum absolute atomic E-state index is 10.7. The monoisotopic (exact) mass is 197 g/mol. The average Bonchev–Trinajstić information content (AvgIpc) is 2.28. The maximum atomic E-state index is 10.7. The molecule has 0 unspecified atom stereocenters. The van der Waals surface area contributed by atoms with Gasteiger partial charge in [0.1, 0.15) is 11.8 Å². The number of hydrogen-bond donors (Lipinski definition) is 2. The van der Waals surface area contributed by atoms with Gasteiger partial charge in [-0.3, -0.25) is 4.79 Å². The highest BCUT2D eigenvalue weighted by atomic mass is 16.5. The van der Waals surface area contributed by atoms with Gasteiger partial charge in [-0.1, -0.05) is 12.1 Å². The molecule has 0 saturated carbocycles. The molecule has 4 nitrogen and oxygen atoms in total. The van der Waals surface area contributed by atoms with E-state index in [1.54, 1.807) is 12.1 Å². The van der Waals surface area contributed by atoms with Crippen LogP contribution in [0.1, 0.15) is 8.30 Å². The Kier molecular flexibility index (Phi) is 2.58. The van der Waals surface area contributed by atoms with Crippen molar-refractivity contribution in [2.24, 2.45) is 5.73 Å². The van der Waals surface area contributed by atoms with Crippen LogP contribution in [0.15, 0.2) is 24.3 Å². The zero-order valence-corrected chi connectivity index (χ0v) is 7.73. The van der Waals surface area contributed by atoms with Gasteiger partial charge in [0, 0.05) is 1.37 Å². The molecular formula is C10H13NO3. The maximum Gasteiger partial charge on any atom is 0.320 e. The SMILES string of the molecule is [2H][C@@H](c1ccc(OC)cc1)[C@]([2H])(N)C(=O)O. The first-order valence-electron chi connectivity index (χ1n) is 5.05. The number of rotatable bonds is 4. The topological polar surface area (TPSA) is 72.5 Å². The summed E-state index contributed by atoms with van der Waals surface area (Å²) in [5, 5.41) is 8.72. The predicted octanol–water partition coefficient (Wildman–Crippen LogP) is 0.650. The second-order valence-electron chi connectivity index (χ2n) is 2.68. The summed E-state index contributed by atoms with van der Waals surface area (Å²) < 4.78 is 19.9. The molecule has 0 fully saturated rings. The molecule has 1 aromatic carbocycles. The van der Waals surface area contributed by atoms with Crippen LogP contribution in [0.2, 0.25) is 0 Å². The Bertz CT molecular complexity index is 378. The molecule has 0 saturated heterocycles. The normalized spacial score (nSPS) is 18.7. The first-order chi connectivity index (χ1) is 7.39. The molecule has 0 aliphatic heterocycles. The molecule has 0 bridgehead atoms. The minimum absolute atomic E-state index is 0.362. The van der Waals surface area contributed by atoms with E-state index in [0.29, 0.717) is 11.3 Å². The first kappa shape index (κ1) is 7.82. The van der Waals surface area contributed by atoms with E-state index in [9.17, 15) is 4.79 Å². The third-order valence-corrected chi connectivity index (χ3v) is 1.68. The number of carboxylic acid groups (broad SMARTS) is 1. The number of carbonyl (C=O) groups is 1. The van der Waals surface area contributed by atoms with Crippen molar-refractivity contribution in [3.63, 3.8) is 0 Å². The van der Waals surface area contributed by atoms with Crippen molar-refractivity contribution in [3.8, 4) is 5.75 Å². The van der Waals surface area contributed by atoms with Crippen molar-refractivity contribution in [3.05, 3.63) is 29.8 Å². The second kappa shape index (κ2) is 4.62. The molecule has 0 aromatic heterocycles. The van der Waals surface area contributed by atoms with Gasteiger partial charge in [0.15, 0.2) is 0 Å². The summed E-state index contributed by atoms with van der Waals surface area (Å²) >= 11 is 0. The quantitative estimate of drug-likeness (QED) is 0.743. The van der Waals surface area contributed by atoms with Gasteiger partial charge in [-0.15, -0.1) is 0 Å². The number of nitrogens with two attached hydrogens (primary N) is 1. The second-order valence-corrected chi connectivity index (χ2v) is 2.68. The highest BCUT2D eigenvalue weighted by Gasteiger charge is 2.11. The minimum Gasteiger partial charge on any atom is -0.497 e. The van der Waals surface area contributed by atoms with Crippen LogP contribution in [-0.4, -0.2) is 24.2 Å². The van der Waals surface area contributed by atoms with Crippen molar-refractivity contribution < 1.29 is 17.4 Å². The third-order valence-electron chi connectivity index (χ3n) is 1.68. The Morgan fingerprint density at radius 3 is 2.71 bits per heavy atom. The molecule has 2 atom stereocenters. The average molecular weight is 197 g/mol. The Morgan fingerprint density at radius 2 is 2.29 bits per heavy atom. The van der Waals surface area contributed by atoms with E-state index in [4.69, 9.17) is 18.3 Å². The van der Waals surface area contributed by atoms with Crippen LogP contribution < -0.4 is 10.5 Å². The van der Waals surface area contributed by atoms with E-state index in [1.807, 2.05) is 0 Å². The summed E-state index contributed by atoms with van der Waals surface area (Å²) in [6.45, 7) is 0. The molecule has 14 heavy (non-hydrogen) atoms. The van der Waals surface area contributed by atoms with E-state index in [-0.39, 0.29) is 0 Å². The van der Waals surface area contributed by atoms with Gasteiger partial charge in [-0.2, -0.15) is 0 Å². The molecule has 0 heterocycles. The minimum atomic E-state index is -2.35. The van der Waals surface area contributed by atoms with Crippen LogP contribution >= 0.6 is 0 Å². The third kappa shape index (κ3) is 2.74. The Morgan fingerprint density at radius 1 is 1.71 bits per heavy atom. The number of benzene rings is 1. The van der Waals surface area contributed by atoms with Gasteiger partial charge in [-0.05, 0) is 24.1 Å². The Hall–Kier alpha value is -1.55. The molecule has 0 spiro atoms. The molecular weight excluding hydrogens is 182 g/mol. The zero-order valence-electron chi connectivity index (χ0n) is 9.73. The number of hydrogen-bond acceptors (Lipinski definition) is 3. The summed E-state index contributed by atoms with van der Waals surface area (Å²) in [6, 6.07) is 3.88. The van der Waals surface area contributed by atoms with E-state index < -0.39 is 18.4 Å². The van der Waals surface area contributed by atoms with E-state index in [0.717, 1.165) is 0 Å². The molecule has 3 N–H and O–H groups in total. The Labute approximate surface area is 85.1 Å². The number of carboxylic acids is 1. The highest BCUT2D eigenvalue weighted by molar-refractivity contribution is 5.73. The summed E-state index contributed by atoms with van der Waals surface area (Å²) in [5.41, 5.74) is 5.62. The highest BCUT2D eigenvalue weighted by Crippen LogP contribution is 2.12. The summed E-state index contributed by atoms with van der Waals surface area (Å²) in [4.78, 5) is 10.7.